The molecule has 1 fully saturated rings. The predicted octanol–water partition coefficient (Wildman–Crippen LogP) is 2.36. The van der Waals surface area contributed by atoms with Crippen molar-refractivity contribution in [3.63, 3.8) is 0 Å². The van der Waals surface area contributed by atoms with E-state index < -0.39 is 10.0 Å². The second-order valence-corrected chi connectivity index (χ2v) is 9.39. The minimum atomic E-state index is -3.22. The van der Waals surface area contributed by atoms with Gasteiger partial charge in [-0.2, -0.15) is 11.8 Å². The van der Waals surface area contributed by atoms with Crippen molar-refractivity contribution in [2.75, 3.05) is 31.6 Å². The van der Waals surface area contributed by atoms with Gasteiger partial charge in [0, 0.05) is 36.2 Å². The van der Waals surface area contributed by atoms with Gasteiger partial charge >= 0.3 is 0 Å². The zero-order valence-corrected chi connectivity index (χ0v) is 16.1. The summed E-state index contributed by atoms with van der Waals surface area (Å²) in [6.45, 7) is 1.37. The number of thioether (sulfide) groups is 1. The number of benzene rings is 1. The second-order valence-electron chi connectivity index (χ2n) is 5.90. The van der Waals surface area contributed by atoms with Crippen LogP contribution >= 0.6 is 23.4 Å². The normalized spacial score (nSPS) is 19.2. The Morgan fingerprint density at radius 3 is 2.88 bits per heavy atom. The van der Waals surface area contributed by atoms with Gasteiger partial charge in [-0.15, -0.1) is 0 Å². The van der Waals surface area contributed by atoms with E-state index in [1.165, 1.54) is 10.6 Å². The third-order valence-electron chi connectivity index (χ3n) is 3.98. The standard InChI is InChI=1S/C16H23ClN2O3S2/c1-24(21,22)19-9-4-6-13(11-19)16(20)18-8-10-23-12-14-5-2-3-7-15(14)17/h2-3,5,7,13H,4,6,8-12H2,1H3,(H,18,20)/t13-/m1/s1. The van der Waals surface area contributed by atoms with Gasteiger partial charge < -0.3 is 5.32 Å². The van der Waals surface area contributed by atoms with Gasteiger partial charge in [-0.3, -0.25) is 4.79 Å². The van der Waals surface area contributed by atoms with E-state index in [0.29, 0.717) is 13.1 Å². The van der Waals surface area contributed by atoms with Crippen LogP contribution in [0.4, 0.5) is 0 Å². The van der Waals surface area contributed by atoms with Gasteiger partial charge in [-0.25, -0.2) is 12.7 Å². The van der Waals surface area contributed by atoms with Gasteiger partial charge in [0.15, 0.2) is 0 Å². The number of hydrogen-bond donors (Lipinski definition) is 1. The Morgan fingerprint density at radius 2 is 2.17 bits per heavy atom. The van der Waals surface area contributed by atoms with Crippen molar-refractivity contribution in [3.05, 3.63) is 34.9 Å². The molecular weight excluding hydrogens is 368 g/mol. The van der Waals surface area contributed by atoms with E-state index in [1.54, 1.807) is 11.8 Å². The number of amides is 1. The molecule has 0 bridgehead atoms. The number of halogens is 1. The van der Waals surface area contributed by atoms with Crippen LogP contribution in [0.3, 0.4) is 0 Å². The number of sulfonamides is 1. The van der Waals surface area contributed by atoms with E-state index in [0.717, 1.165) is 34.9 Å². The van der Waals surface area contributed by atoms with Crippen LogP contribution in [0.15, 0.2) is 24.3 Å². The first-order chi connectivity index (χ1) is 11.4. The molecule has 24 heavy (non-hydrogen) atoms. The zero-order chi connectivity index (χ0) is 17.6. The van der Waals surface area contributed by atoms with E-state index in [9.17, 15) is 13.2 Å². The van der Waals surface area contributed by atoms with Gasteiger partial charge in [-0.05, 0) is 24.5 Å². The van der Waals surface area contributed by atoms with Crippen LogP contribution in [0.5, 0.6) is 0 Å². The molecule has 1 saturated heterocycles. The molecule has 134 valence electrons. The molecule has 0 radical (unpaired) electrons. The summed E-state index contributed by atoms with van der Waals surface area (Å²) < 4.78 is 24.6. The Labute approximate surface area is 153 Å². The number of rotatable bonds is 7. The molecule has 1 aromatic rings. The first kappa shape index (κ1) is 19.6. The van der Waals surface area contributed by atoms with Crippen LogP contribution in [0.1, 0.15) is 18.4 Å². The Kier molecular flexibility index (Phi) is 7.40. The monoisotopic (exact) mass is 390 g/mol. The molecule has 1 atom stereocenters. The fraction of sp³-hybridized carbons (Fsp3) is 0.562. The summed E-state index contributed by atoms with van der Waals surface area (Å²) in [5, 5.41) is 3.67. The molecule has 1 N–H and O–H groups in total. The molecule has 1 heterocycles. The van der Waals surface area contributed by atoms with E-state index in [2.05, 4.69) is 5.32 Å². The van der Waals surface area contributed by atoms with Crippen molar-refractivity contribution in [1.82, 2.24) is 9.62 Å². The minimum absolute atomic E-state index is 0.0540. The maximum atomic E-state index is 12.2. The minimum Gasteiger partial charge on any atom is -0.355 e. The summed E-state index contributed by atoms with van der Waals surface area (Å²) in [5.74, 6) is 1.30. The lowest BCUT2D eigenvalue weighted by Crippen LogP contribution is -2.45. The zero-order valence-electron chi connectivity index (χ0n) is 13.7. The van der Waals surface area contributed by atoms with E-state index in [-0.39, 0.29) is 18.4 Å². The fourth-order valence-corrected chi connectivity index (χ4v) is 4.70. The molecule has 0 spiro atoms. The number of nitrogens with one attached hydrogen (secondary N) is 1. The van der Waals surface area contributed by atoms with Crippen molar-refractivity contribution < 1.29 is 13.2 Å². The molecule has 5 nitrogen and oxygen atoms in total. The Balaban J connectivity index is 1.69. The molecule has 1 aromatic carbocycles. The number of hydrogen-bond acceptors (Lipinski definition) is 4. The Morgan fingerprint density at radius 1 is 1.42 bits per heavy atom. The van der Waals surface area contributed by atoms with Crippen molar-refractivity contribution >= 4 is 39.3 Å². The lowest BCUT2D eigenvalue weighted by Gasteiger charge is -2.30. The summed E-state index contributed by atoms with van der Waals surface area (Å²) in [4.78, 5) is 12.2. The van der Waals surface area contributed by atoms with Crippen molar-refractivity contribution in [2.24, 2.45) is 5.92 Å². The first-order valence-electron chi connectivity index (χ1n) is 7.92. The van der Waals surface area contributed by atoms with Crippen LogP contribution in [0.2, 0.25) is 5.02 Å². The van der Waals surface area contributed by atoms with E-state index in [4.69, 9.17) is 11.6 Å². The third-order valence-corrected chi connectivity index (χ3v) is 6.63. The Hall–Kier alpha value is -0.760. The number of carbonyl (C=O) groups is 1. The molecule has 1 aliphatic rings. The molecule has 8 heteroatoms. The molecule has 0 saturated carbocycles. The van der Waals surface area contributed by atoms with Crippen LogP contribution in [-0.2, 0) is 20.6 Å². The molecule has 0 aliphatic carbocycles. The maximum absolute atomic E-state index is 12.2. The molecule has 0 unspecified atom stereocenters. The highest BCUT2D eigenvalue weighted by atomic mass is 35.5. The summed E-state index contributed by atoms with van der Waals surface area (Å²) in [6, 6.07) is 7.73. The lowest BCUT2D eigenvalue weighted by molar-refractivity contribution is -0.125. The maximum Gasteiger partial charge on any atom is 0.224 e. The molecular formula is C16H23ClN2O3S2. The lowest BCUT2D eigenvalue weighted by atomic mass is 9.99. The smallest absolute Gasteiger partial charge is 0.224 e. The number of nitrogens with zero attached hydrogens (tertiary/aromatic N) is 1. The third kappa shape index (κ3) is 5.95. The van der Waals surface area contributed by atoms with Crippen molar-refractivity contribution in [1.29, 1.82) is 0 Å². The molecule has 1 aliphatic heterocycles. The average Bonchev–Trinajstić information content (AvgIpc) is 2.55. The topological polar surface area (TPSA) is 66.5 Å². The SMILES string of the molecule is CS(=O)(=O)N1CCC[C@@H](C(=O)NCCSCc2ccccc2Cl)C1. The predicted molar refractivity (Wildman–Crippen MR) is 99.8 cm³/mol. The van der Waals surface area contributed by atoms with Crippen molar-refractivity contribution in [2.45, 2.75) is 18.6 Å². The van der Waals surface area contributed by atoms with Gasteiger partial charge in [0.2, 0.25) is 15.9 Å². The highest BCUT2D eigenvalue weighted by Gasteiger charge is 2.29. The van der Waals surface area contributed by atoms with Gasteiger partial charge in [0.25, 0.3) is 0 Å². The highest BCUT2D eigenvalue weighted by Crippen LogP contribution is 2.21. The number of carbonyl (C=O) groups excluding carboxylic acids is 1. The summed E-state index contributed by atoms with van der Waals surface area (Å²) in [7, 11) is -3.22. The van der Waals surface area contributed by atoms with E-state index >= 15 is 0 Å². The molecule has 2 rings (SSSR count). The summed E-state index contributed by atoms with van der Waals surface area (Å²) >= 11 is 7.81. The van der Waals surface area contributed by atoms with Crippen LogP contribution < -0.4 is 5.32 Å². The highest BCUT2D eigenvalue weighted by molar-refractivity contribution is 7.98. The second kappa shape index (κ2) is 9.08. The van der Waals surface area contributed by atoms with Gasteiger partial charge in [-0.1, -0.05) is 29.8 Å². The quantitative estimate of drug-likeness (QED) is 0.726. The summed E-state index contributed by atoms with van der Waals surface area (Å²) in [5.41, 5.74) is 1.09. The average molecular weight is 391 g/mol. The Bertz CT molecular complexity index is 667. The summed E-state index contributed by atoms with van der Waals surface area (Å²) in [6.07, 6.45) is 2.66. The fourth-order valence-electron chi connectivity index (χ4n) is 2.65. The largest absolute Gasteiger partial charge is 0.355 e. The van der Waals surface area contributed by atoms with Gasteiger partial charge in [0.05, 0.1) is 12.2 Å². The van der Waals surface area contributed by atoms with Gasteiger partial charge in [0.1, 0.15) is 0 Å². The molecule has 0 aromatic heterocycles. The van der Waals surface area contributed by atoms with Crippen molar-refractivity contribution in [3.8, 4) is 0 Å². The first-order valence-corrected chi connectivity index (χ1v) is 11.3. The van der Waals surface area contributed by atoms with Crippen LogP contribution in [0, 0.1) is 5.92 Å². The number of piperidine rings is 1. The van der Waals surface area contributed by atoms with Crippen LogP contribution in [0.25, 0.3) is 0 Å². The van der Waals surface area contributed by atoms with E-state index in [1.807, 2.05) is 24.3 Å². The molecule has 1 amide bonds. The van der Waals surface area contributed by atoms with Crippen LogP contribution in [-0.4, -0.2) is 50.3 Å².